The van der Waals surface area contributed by atoms with Gasteiger partial charge in [0, 0.05) is 56.3 Å². The number of hydrogen-bond donors (Lipinski definition) is 1. The molecular weight excluding hydrogens is 626 g/mol. The second-order valence-corrected chi connectivity index (χ2v) is 13.0. The number of hydrogen-bond acceptors (Lipinski definition) is 6. The monoisotopic (exact) mass is 671 g/mol. The van der Waals surface area contributed by atoms with E-state index in [-0.39, 0.29) is 18.6 Å². The number of amides is 2. The Bertz CT molecular complexity index is 1920. The van der Waals surface area contributed by atoms with Gasteiger partial charge in [-0.15, -0.1) is 0 Å². The lowest BCUT2D eigenvalue weighted by Crippen LogP contribution is -2.37. The van der Waals surface area contributed by atoms with Gasteiger partial charge in [-0.25, -0.2) is 0 Å². The van der Waals surface area contributed by atoms with Gasteiger partial charge in [-0.1, -0.05) is 61.5 Å². The molecule has 2 amide bonds. The van der Waals surface area contributed by atoms with E-state index in [1.54, 1.807) is 12.0 Å². The molecule has 0 aromatic heterocycles. The molecule has 0 saturated carbocycles. The lowest BCUT2D eigenvalue weighted by molar-refractivity contribution is -0.00841. The molecule has 6 rings (SSSR count). The highest BCUT2D eigenvalue weighted by Gasteiger charge is 2.22. The second-order valence-electron chi connectivity index (χ2n) is 13.0. The molecule has 258 valence electrons. The van der Waals surface area contributed by atoms with Crippen LogP contribution in [-0.2, 0) is 16.0 Å². The van der Waals surface area contributed by atoms with Gasteiger partial charge in [-0.05, 0) is 101 Å². The number of benzene rings is 5. The van der Waals surface area contributed by atoms with Crippen molar-refractivity contribution in [2.75, 3.05) is 52.6 Å². The Morgan fingerprint density at radius 3 is 2.38 bits per heavy atom. The van der Waals surface area contributed by atoms with Crippen LogP contribution in [0.15, 0.2) is 109 Å². The molecule has 5 aromatic rings. The fourth-order valence-electron chi connectivity index (χ4n) is 6.24. The average Bonchev–Trinajstić information content (AvgIpc) is 3.15. The van der Waals surface area contributed by atoms with Gasteiger partial charge in [-0.2, -0.15) is 0 Å². The van der Waals surface area contributed by atoms with E-state index in [1.807, 2.05) is 90.8 Å². The number of rotatable bonds is 13. The van der Waals surface area contributed by atoms with Gasteiger partial charge >= 0.3 is 0 Å². The molecule has 1 fully saturated rings. The number of piperidine rings is 1. The fourth-order valence-corrected chi connectivity index (χ4v) is 6.24. The Kier molecular flexibility index (Phi) is 11.4. The van der Waals surface area contributed by atoms with E-state index in [9.17, 15) is 9.59 Å². The molecule has 0 spiro atoms. The van der Waals surface area contributed by atoms with Gasteiger partial charge < -0.3 is 29.3 Å². The van der Waals surface area contributed by atoms with Crippen LogP contribution in [0.2, 0.25) is 0 Å². The summed E-state index contributed by atoms with van der Waals surface area (Å²) < 4.78 is 16.1. The lowest BCUT2D eigenvalue weighted by atomic mass is 9.98. The van der Waals surface area contributed by atoms with E-state index >= 15 is 0 Å². The Morgan fingerprint density at radius 2 is 1.58 bits per heavy atom. The molecule has 0 unspecified atom stereocenters. The van der Waals surface area contributed by atoms with E-state index in [1.165, 1.54) is 0 Å². The van der Waals surface area contributed by atoms with Gasteiger partial charge in [0.2, 0.25) is 0 Å². The second kappa shape index (κ2) is 16.5. The zero-order valence-corrected chi connectivity index (χ0v) is 29.1. The van der Waals surface area contributed by atoms with Crippen LogP contribution in [0.25, 0.3) is 21.9 Å². The summed E-state index contributed by atoms with van der Waals surface area (Å²) >= 11 is 0. The molecule has 8 nitrogen and oxygen atoms in total. The molecule has 1 N–H and O–H groups in total. The van der Waals surface area contributed by atoms with Gasteiger partial charge in [-0.3, -0.25) is 9.59 Å². The number of carbonyl (C=O) groups is 2. The van der Waals surface area contributed by atoms with Crippen LogP contribution in [0.4, 0.5) is 11.4 Å². The third-order valence-electron chi connectivity index (χ3n) is 9.23. The molecule has 50 heavy (non-hydrogen) atoms. The number of ether oxygens (including phenoxy) is 3. The van der Waals surface area contributed by atoms with Crippen LogP contribution >= 0.6 is 0 Å². The summed E-state index contributed by atoms with van der Waals surface area (Å²) in [4.78, 5) is 30.9. The van der Waals surface area contributed by atoms with E-state index in [2.05, 4.69) is 42.6 Å². The maximum absolute atomic E-state index is 13.8. The summed E-state index contributed by atoms with van der Waals surface area (Å²) in [6.45, 7) is 5.32. The zero-order valence-electron chi connectivity index (χ0n) is 29.1. The number of nitrogens with one attached hydrogen (secondary N) is 1. The highest BCUT2D eigenvalue weighted by atomic mass is 16.7. The van der Waals surface area contributed by atoms with Crippen molar-refractivity contribution in [3.05, 3.63) is 126 Å². The first-order valence-corrected chi connectivity index (χ1v) is 17.2. The number of carbonyl (C=O) groups excluding carboxylic acids is 2. The largest absolute Gasteiger partial charge is 0.468 e. The van der Waals surface area contributed by atoms with Crippen LogP contribution in [0, 0.1) is 5.92 Å². The van der Waals surface area contributed by atoms with Gasteiger partial charge in [0.25, 0.3) is 11.8 Å². The lowest BCUT2D eigenvalue weighted by Gasteiger charge is -2.30. The fraction of sp³-hybridized carbons (Fsp3) is 0.286. The normalized spacial score (nSPS) is 13.3. The summed E-state index contributed by atoms with van der Waals surface area (Å²) in [7, 11) is 3.45. The van der Waals surface area contributed by atoms with E-state index in [4.69, 9.17) is 14.2 Å². The van der Waals surface area contributed by atoms with Crippen molar-refractivity contribution in [3.8, 4) is 16.9 Å². The van der Waals surface area contributed by atoms with E-state index < -0.39 is 0 Å². The van der Waals surface area contributed by atoms with Crippen molar-refractivity contribution in [1.82, 2.24) is 9.80 Å². The molecule has 1 aliphatic heterocycles. The third kappa shape index (κ3) is 8.69. The topological polar surface area (TPSA) is 80.3 Å². The first kappa shape index (κ1) is 34.7. The zero-order chi connectivity index (χ0) is 34.9. The molecule has 1 aliphatic rings. The summed E-state index contributed by atoms with van der Waals surface area (Å²) in [5.74, 6) is 1.33. The van der Waals surface area contributed by atoms with Crippen molar-refractivity contribution in [2.24, 2.45) is 5.92 Å². The summed E-state index contributed by atoms with van der Waals surface area (Å²) in [5.41, 5.74) is 6.08. The molecular formula is C42H45N3O5. The first-order valence-electron chi connectivity index (χ1n) is 17.2. The predicted molar refractivity (Wildman–Crippen MR) is 199 cm³/mol. The quantitative estimate of drug-likeness (QED) is 0.100. The number of nitrogens with zero attached hydrogens (tertiary/aromatic N) is 2. The van der Waals surface area contributed by atoms with Gasteiger partial charge in [0.1, 0.15) is 5.75 Å². The number of anilines is 2. The molecule has 0 aliphatic carbocycles. The predicted octanol–water partition coefficient (Wildman–Crippen LogP) is 8.39. The van der Waals surface area contributed by atoms with E-state index in [0.29, 0.717) is 42.6 Å². The maximum atomic E-state index is 13.8. The van der Waals surface area contributed by atoms with Crippen LogP contribution in [0.3, 0.4) is 0 Å². The minimum Gasteiger partial charge on any atom is -0.468 e. The summed E-state index contributed by atoms with van der Waals surface area (Å²) in [6.07, 6.45) is 2.07. The van der Waals surface area contributed by atoms with Crippen molar-refractivity contribution >= 4 is 34.0 Å². The van der Waals surface area contributed by atoms with Crippen LogP contribution in [0.1, 0.15) is 46.0 Å². The third-order valence-corrected chi connectivity index (χ3v) is 9.23. The van der Waals surface area contributed by atoms with Crippen LogP contribution < -0.4 is 10.1 Å². The average molecular weight is 672 g/mol. The molecule has 0 bridgehead atoms. The van der Waals surface area contributed by atoms with Gasteiger partial charge in [0.05, 0.1) is 13.2 Å². The molecule has 1 saturated heterocycles. The maximum Gasteiger partial charge on any atom is 0.253 e. The van der Waals surface area contributed by atoms with Crippen molar-refractivity contribution < 1.29 is 23.8 Å². The Labute approximate surface area is 294 Å². The van der Waals surface area contributed by atoms with Crippen molar-refractivity contribution in [1.29, 1.82) is 0 Å². The number of methoxy groups -OCH3 is 1. The molecule has 0 radical (unpaired) electrons. The Balaban J connectivity index is 1.20. The first-order chi connectivity index (χ1) is 24.4. The molecule has 1 heterocycles. The van der Waals surface area contributed by atoms with Crippen molar-refractivity contribution in [3.63, 3.8) is 0 Å². The Hall–Kier alpha value is -5.18. The Morgan fingerprint density at radius 1 is 0.800 bits per heavy atom. The highest BCUT2D eigenvalue weighted by molar-refractivity contribution is 5.99. The minimum absolute atomic E-state index is 0.0663. The minimum atomic E-state index is -0.0849. The van der Waals surface area contributed by atoms with Crippen molar-refractivity contribution in [2.45, 2.75) is 26.3 Å². The number of likely N-dealkylation sites (tertiary alicyclic amines) is 1. The van der Waals surface area contributed by atoms with Gasteiger partial charge in [0.15, 0.2) is 6.79 Å². The smallest absolute Gasteiger partial charge is 0.253 e. The SMILES string of the molecule is COCCOCOc1ccc2cc(C(=O)N(C)Cc3cc(-c4ccccc4)ccc3Nc3cccc(C(=O)N4CCC(C)CC4)c3)ccc2c1. The number of fused-ring (bicyclic) bond motifs is 1. The van der Waals surface area contributed by atoms with Crippen LogP contribution in [-0.4, -0.2) is 68.9 Å². The standard InChI is InChI=1S/C42H45N3O5/c1-30-18-20-45(21-19-30)42(47)35-10-7-11-38(26-35)43-40-17-15-32(31-8-5-4-6-9-31)25-37(40)28-44(2)41(46)36-13-12-34-27-39(16-14-33(34)24-36)50-29-49-23-22-48-3/h4-17,24-27,30,43H,18-23,28-29H2,1-3H3. The summed E-state index contributed by atoms with van der Waals surface area (Å²) in [5, 5.41) is 5.47. The molecule has 0 atom stereocenters. The molecule has 5 aromatic carbocycles. The summed E-state index contributed by atoms with van der Waals surface area (Å²) in [6, 6.07) is 35.6. The molecule has 8 heteroatoms. The van der Waals surface area contributed by atoms with E-state index in [0.717, 1.165) is 64.8 Å². The van der Waals surface area contributed by atoms with Crippen LogP contribution in [0.5, 0.6) is 5.75 Å². The highest BCUT2D eigenvalue weighted by Crippen LogP contribution is 2.30.